The standard InChI is InChI=1S/C21H25N3OS/c1-5-24(6-2)17-9-12-19(15(3)13-17)22-21-23-20(14-26-21)16-7-10-18(25-4)11-8-16/h7-14H,5-6H2,1-4H3,(H,22,23). The highest BCUT2D eigenvalue weighted by molar-refractivity contribution is 7.14. The molecule has 1 heterocycles. The maximum absolute atomic E-state index is 5.21. The van der Waals surface area contributed by atoms with E-state index in [-0.39, 0.29) is 0 Å². The Labute approximate surface area is 159 Å². The fourth-order valence-electron chi connectivity index (χ4n) is 2.91. The Morgan fingerprint density at radius 3 is 2.42 bits per heavy atom. The summed E-state index contributed by atoms with van der Waals surface area (Å²) in [6, 6.07) is 14.5. The van der Waals surface area contributed by atoms with Crippen LogP contribution in [0.2, 0.25) is 0 Å². The molecule has 4 nitrogen and oxygen atoms in total. The average Bonchev–Trinajstić information content (AvgIpc) is 3.13. The van der Waals surface area contributed by atoms with Crippen LogP contribution in [0.1, 0.15) is 19.4 Å². The van der Waals surface area contributed by atoms with Crippen molar-refractivity contribution < 1.29 is 4.74 Å². The smallest absolute Gasteiger partial charge is 0.187 e. The van der Waals surface area contributed by atoms with Gasteiger partial charge in [0.05, 0.1) is 12.8 Å². The van der Waals surface area contributed by atoms with Crippen LogP contribution in [0.15, 0.2) is 47.8 Å². The summed E-state index contributed by atoms with van der Waals surface area (Å²) in [5.74, 6) is 0.853. The van der Waals surface area contributed by atoms with Crippen LogP contribution in [0.4, 0.5) is 16.5 Å². The predicted molar refractivity (Wildman–Crippen MR) is 112 cm³/mol. The van der Waals surface area contributed by atoms with Gasteiger partial charge < -0.3 is 15.0 Å². The van der Waals surface area contributed by atoms with E-state index >= 15 is 0 Å². The number of rotatable bonds is 7. The van der Waals surface area contributed by atoms with Crippen LogP contribution in [0.5, 0.6) is 5.75 Å². The molecule has 0 atom stereocenters. The predicted octanol–water partition coefficient (Wildman–Crippen LogP) is 5.72. The molecule has 1 N–H and O–H groups in total. The van der Waals surface area contributed by atoms with Gasteiger partial charge in [-0.05, 0) is 68.8 Å². The lowest BCUT2D eigenvalue weighted by Crippen LogP contribution is -2.21. The summed E-state index contributed by atoms with van der Waals surface area (Å²) in [5.41, 5.74) is 5.63. The van der Waals surface area contributed by atoms with Gasteiger partial charge in [0, 0.05) is 35.4 Å². The first-order valence-electron chi connectivity index (χ1n) is 8.87. The highest BCUT2D eigenvalue weighted by atomic mass is 32.1. The number of nitrogens with zero attached hydrogens (tertiary/aromatic N) is 2. The molecule has 0 radical (unpaired) electrons. The molecule has 0 spiro atoms. The zero-order chi connectivity index (χ0) is 18.5. The molecule has 0 bridgehead atoms. The number of nitrogens with one attached hydrogen (secondary N) is 1. The second-order valence-electron chi connectivity index (χ2n) is 6.06. The van der Waals surface area contributed by atoms with Crippen LogP contribution in [0, 0.1) is 6.92 Å². The third-order valence-electron chi connectivity index (χ3n) is 4.47. The summed E-state index contributed by atoms with van der Waals surface area (Å²) >= 11 is 1.61. The molecule has 3 rings (SSSR count). The minimum atomic E-state index is 0.853. The van der Waals surface area contributed by atoms with Crippen molar-refractivity contribution in [3.63, 3.8) is 0 Å². The fourth-order valence-corrected chi connectivity index (χ4v) is 3.65. The van der Waals surface area contributed by atoms with Crippen molar-refractivity contribution in [2.75, 3.05) is 30.4 Å². The second kappa shape index (κ2) is 8.23. The number of methoxy groups -OCH3 is 1. The van der Waals surface area contributed by atoms with E-state index in [0.29, 0.717) is 0 Å². The van der Waals surface area contributed by atoms with E-state index < -0.39 is 0 Å². The van der Waals surface area contributed by atoms with Crippen molar-refractivity contribution >= 4 is 27.8 Å². The third-order valence-corrected chi connectivity index (χ3v) is 5.23. The molecular formula is C21H25N3OS. The van der Waals surface area contributed by atoms with Crippen LogP contribution >= 0.6 is 11.3 Å². The Kier molecular flexibility index (Phi) is 5.78. The first-order chi connectivity index (χ1) is 12.6. The maximum Gasteiger partial charge on any atom is 0.187 e. The van der Waals surface area contributed by atoms with E-state index in [0.717, 1.165) is 40.9 Å². The van der Waals surface area contributed by atoms with Gasteiger partial charge >= 0.3 is 0 Å². The van der Waals surface area contributed by atoms with Gasteiger partial charge in [0.1, 0.15) is 5.75 Å². The molecular weight excluding hydrogens is 342 g/mol. The molecule has 2 aromatic carbocycles. The molecule has 0 unspecified atom stereocenters. The largest absolute Gasteiger partial charge is 0.497 e. The molecule has 0 saturated heterocycles. The van der Waals surface area contributed by atoms with E-state index in [4.69, 9.17) is 9.72 Å². The Hall–Kier alpha value is -2.53. The summed E-state index contributed by atoms with van der Waals surface area (Å²) in [6.07, 6.45) is 0. The number of anilines is 3. The summed E-state index contributed by atoms with van der Waals surface area (Å²) in [6.45, 7) is 8.52. The molecule has 1 aromatic heterocycles. The number of ether oxygens (including phenoxy) is 1. The van der Waals surface area contributed by atoms with Crippen molar-refractivity contribution in [3.05, 3.63) is 53.4 Å². The fraction of sp³-hybridized carbons (Fsp3) is 0.286. The zero-order valence-corrected chi connectivity index (χ0v) is 16.6. The number of hydrogen-bond donors (Lipinski definition) is 1. The van der Waals surface area contributed by atoms with Crippen molar-refractivity contribution in [2.45, 2.75) is 20.8 Å². The van der Waals surface area contributed by atoms with Gasteiger partial charge in [-0.3, -0.25) is 0 Å². The molecule has 5 heteroatoms. The Bertz CT molecular complexity index is 854. The molecule has 0 aliphatic carbocycles. The molecule has 0 aliphatic heterocycles. The van der Waals surface area contributed by atoms with Crippen LogP contribution < -0.4 is 15.0 Å². The maximum atomic E-state index is 5.21. The van der Waals surface area contributed by atoms with Gasteiger partial charge in [-0.15, -0.1) is 11.3 Å². The van der Waals surface area contributed by atoms with E-state index in [2.05, 4.69) is 54.6 Å². The van der Waals surface area contributed by atoms with Crippen LogP contribution in [-0.2, 0) is 0 Å². The monoisotopic (exact) mass is 367 g/mol. The number of thiazole rings is 1. The average molecular weight is 368 g/mol. The summed E-state index contributed by atoms with van der Waals surface area (Å²) in [5, 5.41) is 6.42. The lowest BCUT2D eigenvalue weighted by atomic mass is 10.1. The van der Waals surface area contributed by atoms with E-state index in [9.17, 15) is 0 Å². The van der Waals surface area contributed by atoms with Crippen molar-refractivity contribution in [3.8, 4) is 17.0 Å². The van der Waals surface area contributed by atoms with Gasteiger partial charge in [-0.1, -0.05) is 0 Å². The zero-order valence-electron chi connectivity index (χ0n) is 15.7. The summed E-state index contributed by atoms with van der Waals surface area (Å²) in [4.78, 5) is 7.07. The molecule has 0 fully saturated rings. The molecule has 3 aromatic rings. The minimum Gasteiger partial charge on any atom is -0.497 e. The Morgan fingerprint density at radius 1 is 1.08 bits per heavy atom. The molecule has 0 saturated carbocycles. The van der Waals surface area contributed by atoms with Crippen LogP contribution in [0.25, 0.3) is 11.3 Å². The Morgan fingerprint density at radius 2 is 1.81 bits per heavy atom. The minimum absolute atomic E-state index is 0.853. The Balaban J connectivity index is 1.76. The van der Waals surface area contributed by atoms with Gasteiger partial charge in [0.15, 0.2) is 5.13 Å². The van der Waals surface area contributed by atoms with Crippen LogP contribution in [-0.4, -0.2) is 25.2 Å². The van der Waals surface area contributed by atoms with Crippen LogP contribution in [0.3, 0.4) is 0 Å². The van der Waals surface area contributed by atoms with E-state index in [1.54, 1.807) is 18.4 Å². The second-order valence-corrected chi connectivity index (χ2v) is 6.92. The lowest BCUT2D eigenvalue weighted by Gasteiger charge is -2.22. The number of aryl methyl sites for hydroxylation is 1. The number of benzene rings is 2. The van der Waals surface area contributed by atoms with E-state index in [1.165, 1.54) is 11.3 Å². The quantitative estimate of drug-likeness (QED) is 0.580. The van der Waals surface area contributed by atoms with Gasteiger partial charge in [-0.2, -0.15) is 0 Å². The van der Waals surface area contributed by atoms with Crippen molar-refractivity contribution in [1.82, 2.24) is 4.98 Å². The van der Waals surface area contributed by atoms with Gasteiger partial charge in [0.25, 0.3) is 0 Å². The SMILES string of the molecule is CCN(CC)c1ccc(Nc2nc(-c3ccc(OC)cc3)cs2)c(C)c1. The molecule has 26 heavy (non-hydrogen) atoms. The molecule has 0 aliphatic rings. The summed E-state index contributed by atoms with van der Waals surface area (Å²) in [7, 11) is 1.67. The van der Waals surface area contributed by atoms with Crippen molar-refractivity contribution in [1.29, 1.82) is 0 Å². The summed E-state index contributed by atoms with van der Waals surface area (Å²) < 4.78 is 5.21. The molecule has 136 valence electrons. The van der Waals surface area contributed by atoms with Gasteiger partial charge in [-0.25, -0.2) is 4.98 Å². The highest BCUT2D eigenvalue weighted by Gasteiger charge is 2.08. The molecule has 0 amide bonds. The normalized spacial score (nSPS) is 10.6. The number of aromatic nitrogens is 1. The first kappa shape index (κ1) is 18.3. The number of hydrogen-bond acceptors (Lipinski definition) is 5. The topological polar surface area (TPSA) is 37.4 Å². The third kappa shape index (κ3) is 3.99. The lowest BCUT2D eigenvalue weighted by molar-refractivity contribution is 0.415. The van der Waals surface area contributed by atoms with Gasteiger partial charge in [0.2, 0.25) is 0 Å². The highest BCUT2D eigenvalue weighted by Crippen LogP contribution is 2.30. The first-order valence-corrected chi connectivity index (χ1v) is 9.75. The van der Waals surface area contributed by atoms with E-state index in [1.807, 2.05) is 24.3 Å². The van der Waals surface area contributed by atoms with Crippen molar-refractivity contribution in [2.24, 2.45) is 0 Å².